The van der Waals surface area contributed by atoms with Crippen molar-refractivity contribution >= 4 is 35.9 Å². The van der Waals surface area contributed by atoms with Gasteiger partial charge in [-0.3, -0.25) is 4.79 Å². The highest BCUT2D eigenvalue weighted by molar-refractivity contribution is 14.0. The van der Waals surface area contributed by atoms with Crippen molar-refractivity contribution in [2.45, 2.75) is 45.8 Å². The number of methoxy groups -OCH3 is 1. The van der Waals surface area contributed by atoms with Crippen molar-refractivity contribution < 1.29 is 18.7 Å². The van der Waals surface area contributed by atoms with Gasteiger partial charge in [0.05, 0.1) is 26.3 Å². The standard InChI is InChI=1S/C22H31N3O4.HI/c1-22(2,3)29-20(26)12-14-24-21(23-13-11-19-6-5-15-28-19)25-16-17-7-9-18(27-4)10-8-17;/h5-10,15H,11-14,16H2,1-4H3,(H2,23,24,25);1H. The van der Waals surface area contributed by atoms with Gasteiger partial charge >= 0.3 is 5.97 Å². The lowest BCUT2D eigenvalue weighted by Crippen LogP contribution is -2.39. The Hall–Kier alpha value is -2.23. The quantitative estimate of drug-likeness (QED) is 0.222. The van der Waals surface area contributed by atoms with E-state index in [4.69, 9.17) is 13.9 Å². The van der Waals surface area contributed by atoms with Gasteiger partial charge in [-0.1, -0.05) is 12.1 Å². The zero-order valence-corrected chi connectivity index (χ0v) is 20.4. The van der Waals surface area contributed by atoms with E-state index in [1.807, 2.05) is 57.2 Å². The van der Waals surface area contributed by atoms with Crippen LogP contribution in [0.3, 0.4) is 0 Å². The molecule has 0 radical (unpaired) electrons. The molecule has 2 N–H and O–H groups in total. The molecule has 0 spiro atoms. The van der Waals surface area contributed by atoms with Crippen molar-refractivity contribution in [1.29, 1.82) is 0 Å². The molecule has 0 saturated heterocycles. The normalized spacial score (nSPS) is 11.4. The number of halogens is 1. The van der Waals surface area contributed by atoms with Crippen LogP contribution in [0.5, 0.6) is 5.75 Å². The molecular formula is C22H32IN3O4. The summed E-state index contributed by atoms with van der Waals surface area (Å²) >= 11 is 0. The molecule has 0 aliphatic heterocycles. The molecule has 0 unspecified atom stereocenters. The Bertz CT molecular complexity index is 769. The lowest BCUT2D eigenvalue weighted by atomic mass is 10.2. The second-order valence-corrected chi connectivity index (χ2v) is 7.53. The van der Waals surface area contributed by atoms with Crippen LogP contribution in [0.2, 0.25) is 0 Å². The molecule has 2 aromatic rings. The Labute approximate surface area is 195 Å². The van der Waals surface area contributed by atoms with Gasteiger partial charge in [-0.2, -0.15) is 0 Å². The number of ether oxygens (including phenoxy) is 2. The first kappa shape index (κ1) is 25.8. The van der Waals surface area contributed by atoms with Crippen LogP contribution in [-0.4, -0.2) is 37.7 Å². The summed E-state index contributed by atoms with van der Waals surface area (Å²) in [6.07, 6.45) is 2.66. The Balaban J connectivity index is 0.00000450. The predicted octanol–water partition coefficient (Wildman–Crippen LogP) is 3.92. The number of furan rings is 1. The summed E-state index contributed by atoms with van der Waals surface area (Å²) in [5.41, 5.74) is 0.578. The second-order valence-electron chi connectivity index (χ2n) is 7.53. The van der Waals surface area contributed by atoms with Crippen LogP contribution in [-0.2, 0) is 22.5 Å². The molecule has 0 fully saturated rings. The monoisotopic (exact) mass is 529 g/mol. The molecule has 2 rings (SSSR count). The van der Waals surface area contributed by atoms with E-state index in [1.54, 1.807) is 13.4 Å². The van der Waals surface area contributed by atoms with Crippen molar-refractivity contribution in [3.8, 4) is 5.75 Å². The summed E-state index contributed by atoms with van der Waals surface area (Å²) in [5, 5.41) is 6.47. The van der Waals surface area contributed by atoms with Crippen molar-refractivity contribution in [2.75, 3.05) is 20.2 Å². The van der Waals surface area contributed by atoms with Crippen molar-refractivity contribution in [3.05, 3.63) is 54.0 Å². The molecule has 7 nitrogen and oxygen atoms in total. The number of nitrogens with zero attached hydrogens (tertiary/aromatic N) is 1. The van der Waals surface area contributed by atoms with E-state index in [0.717, 1.165) is 23.5 Å². The molecule has 0 aliphatic rings. The van der Waals surface area contributed by atoms with Crippen molar-refractivity contribution in [2.24, 2.45) is 4.99 Å². The SMILES string of the molecule is COc1ccc(CN=C(NCCC(=O)OC(C)(C)C)NCCc2ccco2)cc1.I. The van der Waals surface area contributed by atoms with E-state index in [2.05, 4.69) is 15.6 Å². The molecule has 0 bridgehead atoms. The van der Waals surface area contributed by atoms with Crippen molar-refractivity contribution in [3.63, 3.8) is 0 Å². The lowest BCUT2D eigenvalue weighted by Gasteiger charge is -2.19. The van der Waals surface area contributed by atoms with E-state index in [1.165, 1.54) is 0 Å². The molecule has 8 heteroatoms. The Morgan fingerprint density at radius 2 is 1.80 bits per heavy atom. The average Bonchev–Trinajstić information content (AvgIpc) is 3.18. The fourth-order valence-corrected chi connectivity index (χ4v) is 2.51. The minimum absolute atomic E-state index is 0. The molecule has 0 saturated carbocycles. The zero-order valence-electron chi connectivity index (χ0n) is 18.1. The van der Waals surface area contributed by atoms with Crippen LogP contribution in [0, 0.1) is 0 Å². The summed E-state index contributed by atoms with van der Waals surface area (Å²) in [5.74, 6) is 2.11. The van der Waals surface area contributed by atoms with Gasteiger partial charge in [0, 0.05) is 19.5 Å². The van der Waals surface area contributed by atoms with E-state index in [9.17, 15) is 4.79 Å². The number of hydrogen-bond donors (Lipinski definition) is 2. The average molecular weight is 529 g/mol. The Kier molecular flexibility index (Phi) is 11.3. The van der Waals surface area contributed by atoms with E-state index < -0.39 is 5.60 Å². The number of carbonyl (C=O) groups is 1. The van der Waals surface area contributed by atoms with Crippen LogP contribution in [0.25, 0.3) is 0 Å². The Morgan fingerprint density at radius 3 is 2.40 bits per heavy atom. The summed E-state index contributed by atoms with van der Waals surface area (Å²) < 4.78 is 15.9. The summed E-state index contributed by atoms with van der Waals surface area (Å²) in [7, 11) is 1.64. The first-order valence-corrected chi connectivity index (χ1v) is 9.75. The zero-order chi connectivity index (χ0) is 21.1. The summed E-state index contributed by atoms with van der Waals surface area (Å²) in [6, 6.07) is 11.6. The summed E-state index contributed by atoms with van der Waals surface area (Å²) in [4.78, 5) is 16.5. The van der Waals surface area contributed by atoms with Gasteiger partial charge in [0.15, 0.2) is 5.96 Å². The topological polar surface area (TPSA) is 85.1 Å². The maximum absolute atomic E-state index is 11.9. The molecule has 1 aromatic carbocycles. The van der Waals surface area contributed by atoms with Crippen LogP contribution in [0.4, 0.5) is 0 Å². The third kappa shape index (κ3) is 10.5. The molecule has 0 aliphatic carbocycles. The van der Waals surface area contributed by atoms with Gasteiger partial charge in [0.2, 0.25) is 0 Å². The van der Waals surface area contributed by atoms with Crippen LogP contribution < -0.4 is 15.4 Å². The number of esters is 1. The fourth-order valence-electron chi connectivity index (χ4n) is 2.51. The number of hydrogen-bond acceptors (Lipinski definition) is 5. The van der Waals surface area contributed by atoms with Crippen molar-refractivity contribution in [1.82, 2.24) is 10.6 Å². The molecule has 166 valence electrons. The molecule has 0 amide bonds. The van der Waals surface area contributed by atoms with Gasteiger partial charge in [-0.05, 0) is 50.6 Å². The number of carbonyl (C=O) groups excluding carboxylic acids is 1. The molecule has 1 aromatic heterocycles. The maximum Gasteiger partial charge on any atom is 0.308 e. The van der Waals surface area contributed by atoms with Gasteiger partial charge in [-0.25, -0.2) is 4.99 Å². The molecule has 0 atom stereocenters. The smallest absolute Gasteiger partial charge is 0.308 e. The van der Waals surface area contributed by atoms with Gasteiger partial charge in [-0.15, -0.1) is 24.0 Å². The number of nitrogens with one attached hydrogen (secondary N) is 2. The highest BCUT2D eigenvalue weighted by Crippen LogP contribution is 2.12. The highest BCUT2D eigenvalue weighted by Gasteiger charge is 2.15. The first-order valence-electron chi connectivity index (χ1n) is 9.75. The fraction of sp³-hybridized carbons (Fsp3) is 0.455. The van der Waals surface area contributed by atoms with E-state index in [0.29, 0.717) is 25.6 Å². The Morgan fingerprint density at radius 1 is 1.10 bits per heavy atom. The van der Waals surface area contributed by atoms with Gasteiger partial charge < -0.3 is 24.5 Å². The molecular weight excluding hydrogens is 497 g/mol. The molecule has 30 heavy (non-hydrogen) atoms. The summed E-state index contributed by atoms with van der Waals surface area (Å²) in [6.45, 7) is 7.17. The minimum atomic E-state index is -0.482. The van der Waals surface area contributed by atoms with Gasteiger partial charge in [0.1, 0.15) is 17.1 Å². The highest BCUT2D eigenvalue weighted by atomic mass is 127. The minimum Gasteiger partial charge on any atom is -0.497 e. The number of aliphatic imine (C=N–C) groups is 1. The largest absolute Gasteiger partial charge is 0.497 e. The lowest BCUT2D eigenvalue weighted by molar-refractivity contribution is -0.154. The third-order valence-electron chi connectivity index (χ3n) is 3.86. The van der Waals surface area contributed by atoms with Gasteiger partial charge in [0.25, 0.3) is 0 Å². The van der Waals surface area contributed by atoms with E-state index in [-0.39, 0.29) is 36.4 Å². The third-order valence-corrected chi connectivity index (χ3v) is 3.86. The second kappa shape index (κ2) is 13.1. The predicted molar refractivity (Wildman–Crippen MR) is 128 cm³/mol. The number of rotatable bonds is 9. The van der Waals surface area contributed by atoms with Crippen LogP contribution >= 0.6 is 24.0 Å². The molecule has 1 heterocycles. The first-order chi connectivity index (χ1) is 13.9. The maximum atomic E-state index is 11.9. The number of guanidine groups is 1. The van der Waals surface area contributed by atoms with E-state index >= 15 is 0 Å². The van der Waals surface area contributed by atoms with Crippen LogP contribution in [0.15, 0.2) is 52.1 Å². The van der Waals surface area contributed by atoms with Crippen LogP contribution in [0.1, 0.15) is 38.5 Å². The number of benzene rings is 1.